The summed E-state index contributed by atoms with van der Waals surface area (Å²) in [6.07, 6.45) is 2.81. The Kier molecular flexibility index (Phi) is 7.61. The van der Waals surface area contributed by atoms with E-state index in [0.29, 0.717) is 0 Å². The van der Waals surface area contributed by atoms with Crippen LogP contribution in [0.5, 0.6) is 0 Å². The lowest BCUT2D eigenvalue weighted by Crippen LogP contribution is -2.52. The molecule has 0 radical (unpaired) electrons. The van der Waals surface area contributed by atoms with E-state index < -0.39 is 0 Å². The number of hydrogen-bond acceptors (Lipinski definition) is 7. The molecule has 154 valence electrons. The largest absolute Gasteiger partial charge is 0.357 e. The van der Waals surface area contributed by atoms with Crippen LogP contribution in [-0.2, 0) is 19.3 Å². The van der Waals surface area contributed by atoms with Gasteiger partial charge < -0.3 is 15.1 Å². The Hall–Kier alpha value is -1.74. The lowest BCUT2D eigenvalue weighted by molar-refractivity contribution is 0.372. The number of piperazine rings is 1. The van der Waals surface area contributed by atoms with Crippen LogP contribution in [0.15, 0.2) is 4.99 Å². The van der Waals surface area contributed by atoms with E-state index in [1.807, 2.05) is 11.3 Å². The number of hydrogen-bond donors (Lipinski definition) is 1. The molecule has 0 atom stereocenters. The molecule has 1 aliphatic heterocycles. The van der Waals surface area contributed by atoms with Gasteiger partial charge in [0.15, 0.2) is 5.96 Å². The summed E-state index contributed by atoms with van der Waals surface area (Å²) in [5.41, 5.74) is 1.23. The maximum atomic E-state index is 4.87. The van der Waals surface area contributed by atoms with E-state index in [1.54, 1.807) is 0 Å². The molecule has 2 aromatic rings. The Balaban J connectivity index is 1.55. The van der Waals surface area contributed by atoms with Crippen molar-refractivity contribution in [1.29, 1.82) is 0 Å². The Morgan fingerprint density at radius 3 is 2.50 bits per heavy atom. The fraction of sp³-hybridized carbons (Fsp3) is 0.684. The summed E-state index contributed by atoms with van der Waals surface area (Å²) in [4.78, 5) is 20.2. The van der Waals surface area contributed by atoms with E-state index in [2.05, 4.69) is 52.2 Å². The fourth-order valence-corrected chi connectivity index (χ4v) is 5.04. The third kappa shape index (κ3) is 5.20. The first-order valence-corrected chi connectivity index (χ1v) is 11.8. The van der Waals surface area contributed by atoms with Gasteiger partial charge in [0, 0.05) is 68.5 Å². The summed E-state index contributed by atoms with van der Waals surface area (Å²) in [7, 11) is 0. The molecule has 7 nitrogen and oxygen atoms in total. The summed E-state index contributed by atoms with van der Waals surface area (Å²) in [6.45, 7) is 14.0. The highest BCUT2D eigenvalue weighted by atomic mass is 32.1. The zero-order valence-electron chi connectivity index (χ0n) is 17.4. The maximum absolute atomic E-state index is 4.87. The van der Waals surface area contributed by atoms with Gasteiger partial charge in [-0.25, -0.2) is 9.97 Å². The van der Waals surface area contributed by atoms with Gasteiger partial charge in [0.05, 0.1) is 10.7 Å². The molecule has 0 amide bonds. The van der Waals surface area contributed by atoms with Crippen molar-refractivity contribution in [3.05, 3.63) is 21.4 Å². The molecular weight excluding hydrogens is 390 g/mol. The van der Waals surface area contributed by atoms with Crippen molar-refractivity contribution in [2.75, 3.05) is 44.2 Å². The predicted molar refractivity (Wildman–Crippen MR) is 119 cm³/mol. The minimum atomic E-state index is 0.773. The molecule has 1 fully saturated rings. The molecule has 0 aromatic carbocycles. The lowest BCUT2D eigenvalue weighted by Gasteiger charge is -2.36. The van der Waals surface area contributed by atoms with Gasteiger partial charge in [-0.3, -0.25) is 4.99 Å². The Morgan fingerprint density at radius 1 is 1.11 bits per heavy atom. The van der Waals surface area contributed by atoms with Crippen LogP contribution in [0.3, 0.4) is 0 Å². The molecular formula is C19H31N7S2. The molecule has 0 bridgehead atoms. The average Bonchev–Trinajstić information content (AvgIpc) is 3.34. The summed E-state index contributed by atoms with van der Waals surface area (Å²) < 4.78 is 4.41. The first kappa shape index (κ1) is 21.0. The van der Waals surface area contributed by atoms with Crippen LogP contribution < -0.4 is 10.2 Å². The Morgan fingerprint density at radius 2 is 1.89 bits per heavy atom. The molecule has 0 saturated carbocycles. The SMILES string of the molecule is CCNC(=NCCc1nc(CC)c(C)s1)N1CCN(c2nc(CC)ns2)CC1. The first-order chi connectivity index (χ1) is 13.6. The minimum absolute atomic E-state index is 0.773. The number of nitrogens with one attached hydrogen (secondary N) is 1. The van der Waals surface area contributed by atoms with Crippen molar-refractivity contribution in [2.45, 2.75) is 47.0 Å². The molecule has 1 aliphatic rings. The standard InChI is InChI=1S/C19H31N7S2/c1-5-15-14(4)27-17(22-15)8-9-21-18(20-7-3)25-10-12-26(13-11-25)19-23-16(6-2)24-28-19/h5-13H2,1-4H3,(H,20,21). The van der Waals surface area contributed by atoms with Crippen molar-refractivity contribution >= 4 is 34.0 Å². The van der Waals surface area contributed by atoms with Crippen LogP contribution in [0.2, 0.25) is 0 Å². The monoisotopic (exact) mass is 421 g/mol. The molecule has 1 saturated heterocycles. The van der Waals surface area contributed by atoms with E-state index in [1.165, 1.54) is 27.1 Å². The number of aryl methyl sites for hydroxylation is 3. The van der Waals surface area contributed by atoms with Crippen molar-refractivity contribution in [1.82, 2.24) is 24.6 Å². The molecule has 3 heterocycles. The second-order valence-electron chi connectivity index (χ2n) is 6.77. The summed E-state index contributed by atoms with van der Waals surface area (Å²) in [5.74, 6) is 1.96. The normalized spacial score (nSPS) is 15.4. The van der Waals surface area contributed by atoms with E-state index >= 15 is 0 Å². The van der Waals surface area contributed by atoms with Gasteiger partial charge >= 0.3 is 0 Å². The number of thiazole rings is 1. The van der Waals surface area contributed by atoms with Crippen molar-refractivity contribution < 1.29 is 0 Å². The molecule has 0 aliphatic carbocycles. The van der Waals surface area contributed by atoms with Gasteiger partial charge in [0.2, 0.25) is 5.13 Å². The smallest absolute Gasteiger partial charge is 0.205 e. The number of aromatic nitrogens is 3. The second-order valence-corrected chi connectivity index (χ2v) is 8.79. The van der Waals surface area contributed by atoms with E-state index in [9.17, 15) is 0 Å². The number of nitrogens with zero attached hydrogens (tertiary/aromatic N) is 6. The van der Waals surface area contributed by atoms with Crippen molar-refractivity contribution in [3.8, 4) is 0 Å². The first-order valence-electron chi connectivity index (χ1n) is 10.2. The third-order valence-electron chi connectivity index (χ3n) is 4.82. The molecule has 0 unspecified atom stereocenters. The number of anilines is 1. The zero-order valence-corrected chi connectivity index (χ0v) is 19.0. The quantitative estimate of drug-likeness (QED) is 0.548. The van der Waals surface area contributed by atoms with Crippen molar-refractivity contribution in [3.63, 3.8) is 0 Å². The number of rotatable bonds is 7. The molecule has 28 heavy (non-hydrogen) atoms. The molecule has 0 spiro atoms. The highest BCUT2D eigenvalue weighted by molar-refractivity contribution is 7.11. The topological polar surface area (TPSA) is 69.5 Å². The van der Waals surface area contributed by atoms with Crippen LogP contribution in [0.4, 0.5) is 5.13 Å². The third-order valence-corrected chi connectivity index (χ3v) is 6.70. The highest BCUT2D eigenvalue weighted by Crippen LogP contribution is 2.20. The second kappa shape index (κ2) is 10.2. The van der Waals surface area contributed by atoms with E-state index in [0.717, 1.165) is 75.4 Å². The lowest BCUT2D eigenvalue weighted by atomic mass is 10.3. The van der Waals surface area contributed by atoms with Crippen LogP contribution in [0, 0.1) is 6.92 Å². The molecule has 1 N–H and O–H groups in total. The number of aliphatic imine (C=N–C) groups is 1. The van der Waals surface area contributed by atoms with Gasteiger partial charge in [0.25, 0.3) is 0 Å². The zero-order chi connectivity index (χ0) is 19.9. The highest BCUT2D eigenvalue weighted by Gasteiger charge is 2.22. The molecule has 9 heteroatoms. The van der Waals surface area contributed by atoms with Gasteiger partial charge in [-0.15, -0.1) is 11.3 Å². The van der Waals surface area contributed by atoms with Crippen LogP contribution in [0.1, 0.15) is 42.2 Å². The van der Waals surface area contributed by atoms with Gasteiger partial charge in [0.1, 0.15) is 5.82 Å². The molecule has 3 rings (SSSR count). The maximum Gasteiger partial charge on any atom is 0.205 e. The Labute approximate surface area is 176 Å². The summed E-state index contributed by atoms with van der Waals surface area (Å²) >= 11 is 3.32. The van der Waals surface area contributed by atoms with Gasteiger partial charge in [-0.05, 0) is 20.3 Å². The summed E-state index contributed by atoms with van der Waals surface area (Å²) in [6, 6.07) is 0. The predicted octanol–water partition coefficient (Wildman–Crippen LogP) is 2.76. The van der Waals surface area contributed by atoms with Gasteiger partial charge in [-0.1, -0.05) is 13.8 Å². The van der Waals surface area contributed by atoms with Crippen molar-refractivity contribution in [2.24, 2.45) is 4.99 Å². The fourth-order valence-electron chi connectivity index (χ4n) is 3.23. The average molecular weight is 422 g/mol. The summed E-state index contributed by atoms with van der Waals surface area (Å²) in [5, 5.41) is 5.69. The van der Waals surface area contributed by atoms with E-state index in [4.69, 9.17) is 9.98 Å². The van der Waals surface area contributed by atoms with Gasteiger partial charge in [-0.2, -0.15) is 4.37 Å². The minimum Gasteiger partial charge on any atom is -0.357 e. The Bertz CT molecular complexity index is 775. The van der Waals surface area contributed by atoms with Crippen LogP contribution in [-0.4, -0.2) is 64.5 Å². The number of guanidine groups is 1. The van der Waals surface area contributed by atoms with E-state index in [-0.39, 0.29) is 0 Å². The van der Waals surface area contributed by atoms with Crippen LogP contribution in [0.25, 0.3) is 0 Å². The molecule has 2 aromatic heterocycles. The van der Waals surface area contributed by atoms with Crippen LogP contribution >= 0.6 is 22.9 Å².